The Morgan fingerprint density at radius 1 is 1.00 bits per heavy atom. The summed E-state index contributed by atoms with van der Waals surface area (Å²) in [6.45, 7) is 4.77. The van der Waals surface area contributed by atoms with Crippen molar-refractivity contribution >= 4 is 10.9 Å². The van der Waals surface area contributed by atoms with Gasteiger partial charge in [0.2, 0.25) is 0 Å². The third kappa shape index (κ3) is 4.09. The molecule has 0 radical (unpaired) electrons. The maximum Gasteiger partial charge on any atom is 0.129 e. The van der Waals surface area contributed by atoms with Gasteiger partial charge < -0.3 is 14.6 Å². The highest BCUT2D eigenvalue weighted by Crippen LogP contribution is 2.37. The molecule has 6 heteroatoms. The molecule has 30 heavy (non-hydrogen) atoms. The molecule has 0 bridgehead atoms. The lowest BCUT2D eigenvalue weighted by atomic mass is 9.97. The molecule has 1 saturated heterocycles. The van der Waals surface area contributed by atoms with Gasteiger partial charge in [-0.2, -0.15) is 15.0 Å². The molecule has 6 nitrogen and oxygen atoms in total. The smallest absolute Gasteiger partial charge is 0.129 e. The summed E-state index contributed by atoms with van der Waals surface area (Å²) in [5.41, 5.74) is 3.72. The number of nitrogens with one attached hydrogen (secondary N) is 1. The lowest BCUT2D eigenvalue weighted by molar-refractivity contribution is 0.309. The molecule has 4 aromatic rings. The Bertz CT molecular complexity index is 1070. The third-order valence-corrected chi connectivity index (χ3v) is 5.95. The summed E-state index contributed by atoms with van der Waals surface area (Å²) >= 11 is 0. The first kappa shape index (κ1) is 18.9. The Labute approximate surface area is 176 Å². The molecule has 3 heterocycles. The van der Waals surface area contributed by atoms with Crippen molar-refractivity contribution in [3.63, 3.8) is 0 Å². The van der Waals surface area contributed by atoms with Gasteiger partial charge in [0, 0.05) is 29.6 Å². The lowest BCUT2D eigenvalue weighted by Crippen LogP contribution is -2.23. The molecule has 154 valence electrons. The lowest BCUT2D eigenvalue weighted by Gasteiger charge is -2.16. The maximum atomic E-state index is 6.25. The van der Waals surface area contributed by atoms with Crippen molar-refractivity contribution in [3.8, 4) is 5.75 Å². The average Bonchev–Trinajstić information content (AvgIpc) is 3.54. The van der Waals surface area contributed by atoms with Crippen molar-refractivity contribution in [1.82, 2.24) is 24.9 Å². The molecule has 2 aromatic carbocycles. The molecule has 5 rings (SSSR count). The fraction of sp³-hybridized carbons (Fsp3) is 0.333. The van der Waals surface area contributed by atoms with Crippen LogP contribution >= 0.6 is 0 Å². The molecule has 0 aliphatic carbocycles. The monoisotopic (exact) mass is 401 g/mol. The van der Waals surface area contributed by atoms with Crippen molar-refractivity contribution in [2.45, 2.75) is 31.9 Å². The summed E-state index contributed by atoms with van der Waals surface area (Å²) in [6, 6.07) is 16.6. The minimum Gasteiger partial charge on any atom is -0.488 e. The summed E-state index contributed by atoms with van der Waals surface area (Å²) in [4.78, 5) is 7.79. The molecular formula is C24H27N5O. The first-order chi connectivity index (χ1) is 14.9. The molecule has 2 aromatic heterocycles. The first-order valence-corrected chi connectivity index (χ1v) is 10.7. The van der Waals surface area contributed by atoms with Crippen LogP contribution in [0.25, 0.3) is 10.9 Å². The number of hydrogen-bond donors (Lipinski definition) is 1. The van der Waals surface area contributed by atoms with Crippen LogP contribution in [0, 0.1) is 0 Å². The maximum absolute atomic E-state index is 6.25. The van der Waals surface area contributed by atoms with Gasteiger partial charge in [-0.25, -0.2) is 0 Å². The van der Waals surface area contributed by atoms with Crippen LogP contribution in [0.2, 0.25) is 0 Å². The quantitative estimate of drug-likeness (QED) is 0.480. The second-order valence-corrected chi connectivity index (χ2v) is 7.96. The SMILES string of the molecule is c1ccc(COc2cccc3[nH]cc([C@H]4CCN(CCCn5nccn5)C4)c23)cc1. The number of rotatable bonds is 8. The number of likely N-dealkylation sites (tertiary alicyclic amines) is 1. The Balaban J connectivity index is 1.26. The minimum absolute atomic E-state index is 0.531. The number of fused-ring (bicyclic) bond motifs is 1. The van der Waals surface area contributed by atoms with Gasteiger partial charge in [0.1, 0.15) is 12.4 Å². The van der Waals surface area contributed by atoms with Gasteiger partial charge in [0.05, 0.1) is 18.9 Å². The van der Waals surface area contributed by atoms with Crippen molar-refractivity contribution < 1.29 is 4.74 Å². The van der Waals surface area contributed by atoms with Gasteiger partial charge in [-0.05, 0) is 49.2 Å². The number of hydrogen-bond acceptors (Lipinski definition) is 4. The Hall–Kier alpha value is -3.12. The summed E-state index contributed by atoms with van der Waals surface area (Å²) in [5, 5.41) is 9.61. The van der Waals surface area contributed by atoms with Crippen LogP contribution in [0.5, 0.6) is 5.75 Å². The molecule has 0 saturated carbocycles. The molecule has 1 atom stereocenters. The van der Waals surface area contributed by atoms with Crippen LogP contribution < -0.4 is 4.74 Å². The zero-order chi connectivity index (χ0) is 20.2. The number of aryl methyl sites for hydroxylation is 1. The predicted octanol–water partition coefficient (Wildman–Crippen LogP) is 4.22. The van der Waals surface area contributed by atoms with Crippen LogP contribution in [0.1, 0.15) is 29.9 Å². The minimum atomic E-state index is 0.531. The normalized spacial score (nSPS) is 17.0. The first-order valence-electron chi connectivity index (χ1n) is 10.7. The standard InChI is InChI=1S/C24H27N5O/c1-2-6-19(7-3-1)18-30-23-9-4-8-22-24(23)21(16-25-22)20-10-15-28(17-20)13-5-14-29-26-11-12-27-29/h1-4,6-9,11-12,16,20,25H,5,10,13-15,17-18H2/t20-/m0/s1. The van der Waals surface area contributed by atoms with E-state index in [1.165, 1.54) is 22.9 Å². The fourth-order valence-electron chi connectivity index (χ4n) is 4.44. The number of H-pyrrole nitrogens is 1. The molecule has 1 fully saturated rings. The molecule has 0 amide bonds. The Morgan fingerprint density at radius 3 is 2.73 bits per heavy atom. The van der Waals surface area contributed by atoms with Crippen LogP contribution in [-0.2, 0) is 13.2 Å². The highest BCUT2D eigenvalue weighted by atomic mass is 16.5. The van der Waals surface area contributed by atoms with Crippen molar-refractivity contribution in [3.05, 3.63) is 78.2 Å². The number of aromatic nitrogens is 4. The number of ether oxygens (including phenoxy) is 1. The summed E-state index contributed by atoms with van der Waals surface area (Å²) in [6.07, 6.45) is 7.91. The van der Waals surface area contributed by atoms with E-state index in [0.717, 1.165) is 43.9 Å². The van der Waals surface area contributed by atoms with E-state index in [-0.39, 0.29) is 0 Å². The highest BCUT2D eigenvalue weighted by Gasteiger charge is 2.26. The summed E-state index contributed by atoms with van der Waals surface area (Å²) in [5.74, 6) is 1.50. The Kier molecular flexibility index (Phi) is 5.48. The number of benzene rings is 2. The van der Waals surface area contributed by atoms with Gasteiger partial charge in [0.25, 0.3) is 0 Å². The second kappa shape index (κ2) is 8.71. The van der Waals surface area contributed by atoms with Gasteiger partial charge >= 0.3 is 0 Å². The van der Waals surface area contributed by atoms with Gasteiger partial charge in [0.15, 0.2) is 0 Å². The molecule has 1 aliphatic rings. The van der Waals surface area contributed by atoms with Crippen molar-refractivity contribution in [2.75, 3.05) is 19.6 Å². The zero-order valence-electron chi connectivity index (χ0n) is 17.1. The van der Waals surface area contributed by atoms with Crippen LogP contribution in [0.15, 0.2) is 67.1 Å². The molecular weight excluding hydrogens is 374 g/mol. The second-order valence-electron chi connectivity index (χ2n) is 7.96. The number of nitrogens with zero attached hydrogens (tertiary/aromatic N) is 4. The van der Waals surface area contributed by atoms with E-state index in [1.807, 2.05) is 6.07 Å². The van der Waals surface area contributed by atoms with E-state index in [9.17, 15) is 0 Å². The van der Waals surface area contributed by atoms with Gasteiger partial charge in [-0.15, -0.1) is 0 Å². The van der Waals surface area contributed by atoms with Gasteiger partial charge in [-0.1, -0.05) is 36.4 Å². The highest BCUT2D eigenvalue weighted by molar-refractivity contribution is 5.89. The van der Waals surface area contributed by atoms with E-state index in [0.29, 0.717) is 12.5 Å². The number of aromatic amines is 1. The average molecular weight is 402 g/mol. The molecule has 1 N–H and O–H groups in total. The summed E-state index contributed by atoms with van der Waals surface area (Å²) in [7, 11) is 0. The van der Waals surface area contributed by atoms with Crippen LogP contribution in [-0.4, -0.2) is 44.5 Å². The van der Waals surface area contributed by atoms with E-state index < -0.39 is 0 Å². The molecule has 0 spiro atoms. The van der Waals surface area contributed by atoms with Crippen molar-refractivity contribution in [2.24, 2.45) is 0 Å². The molecule has 0 unspecified atom stereocenters. The predicted molar refractivity (Wildman–Crippen MR) is 118 cm³/mol. The molecule has 1 aliphatic heterocycles. The van der Waals surface area contributed by atoms with E-state index in [4.69, 9.17) is 4.74 Å². The van der Waals surface area contributed by atoms with Crippen LogP contribution in [0.3, 0.4) is 0 Å². The zero-order valence-corrected chi connectivity index (χ0v) is 17.1. The van der Waals surface area contributed by atoms with Gasteiger partial charge in [-0.3, -0.25) is 0 Å². The Morgan fingerprint density at radius 2 is 1.87 bits per heavy atom. The van der Waals surface area contributed by atoms with Crippen molar-refractivity contribution in [1.29, 1.82) is 0 Å². The fourth-order valence-corrected chi connectivity index (χ4v) is 4.44. The van der Waals surface area contributed by atoms with E-state index >= 15 is 0 Å². The van der Waals surface area contributed by atoms with Crippen LogP contribution in [0.4, 0.5) is 0 Å². The third-order valence-electron chi connectivity index (χ3n) is 5.95. The topological polar surface area (TPSA) is 59.0 Å². The largest absolute Gasteiger partial charge is 0.488 e. The van der Waals surface area contributed by atoms with E-state index in [1.54, 1.807) is 17.2 Å². The van der Waals surface area contributed by atoms with E-state index in [2.05, 4.69) is 68.7 Å². The summed E-state index contributed by atoms with van der Waals surface area (Å²) < 4.78 is 6.25.